The van der Waals surface area contributed by atoms with Gasteiger partial charge >= 0.3 is 0 Å². The average Bonchev–Trinajstić information content (AvgIpc) is 3.37. The molecule has 6 nitrogen and oxygen atoms in total. The van der Waals surface area contributed by atoms with E-state index < -0.39 is 0 Å². The normalized spacial score (nSPS) is 21.3. The summed E-state index contributed by atoms with van der Waals surface area (Å²) in [4.78, 5) is 40.9. The number of allylic oxidation sites excluding steroid dienone is 7. The van der Waals surface area contributed by atoms with Crippen LogP contribution < -0.4 is 0 Å². The molecule has 39 heavy (non-hydrogen) atoms. The van der Waals surface area contributed by atoms with E-state index in [0.29, 0.717) is 39.6 Å². The summed E-state index contributed by atoms with van der Waals surface area (Å²) in [5.74, 6) is 0.569. The van der Waals surface area contributed by atoms with Gasteiger partial charge in [0, 0.05) is 22.3 Å². The van der Waals surface area contributed by atoms with Crippen molar-refractivity contribution in [1.82, 2.24) is 9.80 Å². The van der Waals surface area contributed by atoms with Crippen molar-refractivity contribution in [2.75, 3.05) is 0 Å². The zero-order valence-corrected chi connectivity index (χ0v) is 22.1. The SMILES string of the molecule is C=C\C=C1C(=C(\C)C=C)/C(=C\C)N=C2c3cc4c(cc3C(=O)N2/1)C1=Nc2cccc(C)c2/C(=C\C=C)N1C4=O. The molecule has 6 rings (SSSR count). The van der Waals surface area contributed by atoms with Gasteiger partial charge in [-0.15, -0.1) is 0 Å². The molecule has 0 bridgehead atoms. The number of nitrogens with zero attached hydrogens (tertiary/aromatic N) is 4. The number of amides is 2. The summed E-state index contributed by atoms with van der Waals surface area (Å²) in [5, 5.41) is 0. The maximum atomic E-state index is 14.0. The lowest BCUT2D eigenvalue weighted by Gasteiger charge is -2.29. The molecule has 0 saturated carbocycles. The fourth-order valence-electron chi connectivity index (χ4n) is 5.64. The maximum absolute atomic E-state index is 14.0. The van der Waals surface area contributed by atoms with Crippen LogP contribution in [0.4, 0.5) is 5.69 Å². The Bertz CT molecular complexity index is 1770. The quantitative estimate of drug-likeness (QED) is 0.458. The minimum absolute atomic E-state index is 0.202. The van der Waals surface area contributed by atoms with E-state index in [1.54, 1.807) is 40.2 Å². The first-order chi connectivity index (χ1) is 18.9. The number of hydrogen-bond donors (Lipinski definition) is 0. The van der Waals surface area contributed by atoms with Crippen molar-refractivity contribution >= 4 is 34.9 Å². The second-order valence-electron chi connectivity index (χ2n) is 9.58. The Morgan fingerprint density at radius 3 is 2.03 bits per heavy atom. The lowest BCUT2D eigenvalue weighted by molar-refractivity contribution is 0.0885. The lowest BCUT2D eigenvalue weighted by atomic mass is 9.98. The number of carbonyl (C=O) groups excluding carboxylic acids is 2. The highest BCUT2D eigenvalue weighted by Gasteiger charge is 2.46. The van der Waals surface area contributed by atoms with Gasteiger partial charge in [0.25, 0.3) is 11.8 Å². The number of fused-ring (bicyclic) bond motifs is 7. The molecule has 0 saturated heterocycles. The number of hydrogen-bond acceptors (Lipinski definition) is 4. The van der Waals surface area contributed by atoms with Gasteiger partial charge in [-0.05, 0) is 62.3 Å². The number of amidine groups is 2. The summed E-state index contributed by atoms with van der Waals surface area (Å²) >= 11 is 0. The number of aryl methyl sites for hydroxylation is 1. The monoisotopic (exact) mass is 510 g/mol. The van der Waals surface area contributed by atoms with Crippen molar-refractivity contribution in [3.8, 4) is 0 Å². The standard InChI is InChI=1S/C33H26N4O2/c1-7-12-26-28(18(5)9-3)24(10-4)34-30-20-16-23-21(17-22(20)32(38)36(26)30)31-35-25-15-11-14-19(6)29(25)27(13-8-2)37(31)33(23)39/h7-17H,1-3H2,4-6H3/b24-10+,26-12+,27-13+,28-18+. The molecule has 2 amide bonds. The molecule has 0 unspecified atom stereocenters. The predicted octanol–water partition coefficient (Wildman–Crippen LogP) is 6.76. The Kier molecular flexibility index (Phi) is 5.43. The van der Waals surface area contributed by atoms with Gasteiger partial charge in [-0.1, -0.05) is 56.2 Å². The Morgan fingerprint density at radius 1 is 0.846 bits per heavy atom. The summed E-state index contributed by atoms with van der Waals surface area (Å²) in [5.41, 5.74) is 8.67. The average molecular weight is 511 g/mol. The minimum atomic E-state index is -0.218. The van der Waals surface area contributed by atoms with E-state index in [1.807, 2.05) is 57.2 Å². The van der Waals surface area contributed by atoms with Crippen LogP contribution in [0.2, 0.25) is 0 Å². The van der Waals surface area contributed by atoms with Gasteiger partial charge < -0.3 is 0 Å². The van der Waals surface area contributed by atoms with E-state index in [9.17, 15) is 9.59 Å². The van der Waals surface area contributed by atoms with Crippen LogP contribution in [0.3, 0.4) is 0 Å². The molecule has 6 heteroatoms. The molecule has 0 aliphatic carbocycles. The molecular formula is C33H26N4O2. The molecule has 0 N–H and O–H groups in total. The summed E-state index contributed by atoms with van der Waals surface area (Å²) in [7, 11) is 0. The first-order valence-electron chi connectivity index (χ1n) is 12.7. The van der Waals surface area contributed by atoms with Crippen molar-refractivity contribution in [3.05, 3.63) is 142 Å². The van der Waals surface area contributed by atoms with Crippen LogP contribution in [0.5, 0.6) is 0 Å². The molecular weight excluding hydrogens is 484 g/mol. The summed E-state index contributed by atoms with van der Waals surface area (Å²) in [6.07, 6.45) is 10.6. The van der Waals surface area contributed by atoms with E-state index >= 15 is 0 Å². The number of aliphatic imine (C=N–C) groups is 2. The van der Waals surface area contributed by atoms with Crippen molar-refractivity contribution in [1.29, 1.82) is 0 Å². The first-order valence-corrected chi connectivity index (χ1v) is 12.7. The van der Waals surface area contributed by atoms with Crippen molar-refractivity contribution in [2.45, 2.75) is 20.8 Å². The second-order valence-corrected chi connectivity index (χ2v) is 9.58. The van der Waals surface area contributed by atoms with E-state index in [0.717, 1.165) is 39.4 Å². The van der Waals surface area contributed by atoms with Crippen LogP contribution in [0.15, 0.2) is 119 Å². The third-order valence-electron chi connectivity index (χ3n) is 7.41. The summed E-state index contributed by atoms with van der Waals surface area (Å²) in [6.45, 7) is 17.5. The van der Waals surface area contributed by atoms with Gasteiger partial charge in [0.15, 0.2) is 0 Å². The highest BCUT2D eigenvalue weighted by Crippen LogP contribution is 2.45. The summed E-state index contributed by atoms with van der Waals surface area (Å²) in [6, 6.07) is 9.43. The maximum Gasteiger partial charge on any atom is 0.264 e. The molecule has 0 atom stereocenters. The predicted molar refractivity (Wildman–Crippen MR) is 156 cm³/mol. The van der Waals surface area contributed by atoms with Gasteiger partial charge in [0.2, 0.25) is 0 Å². The lowest BCUT2D eigenvalue weighted by Crippen LogP contribution is -2.34. The Labute approximate surface area is 227 Å². The zero-order valence-electron chi connectivity index (χ0n) is 22.1. The van der Waals surface area contributed by atoms with Crippen LogP contribution >= 0.6 is 0 Å². The molecule has 0 radical (unpaired) electrons. The smallest absolute Gasteiger partial charge is 0.264 e. The van der Waals surface area contributed by atoms with Crippen LogP contribution in [-0.2, 0) is 0 Å². The largest absolute Gasteiger partial charge is 0.268 e. The van der Waals surface area contributed by atoms with Gasteiger partial charge in [0.05, 0.1) is 33.9 Å². The fraction of sp³-hybridized carbons (Fsp3) is 0.0909. The molecule has 4 heterocycles. The Hall–Kier alpha value is -5.10. The highest BCUT2D eigenvalue weighted by atomic mass is 16.2. The van der Waals surface area contributed by atoms with Gasteiger partial charge in [0.1, 0.15) is 11.7 Å². The topological polar surface area (TPSA) is 65.3 Å². The minimum Gasteiger partial charge on any atom is -0.268 e. The second kappa shape index (κ2) is 8.74. The number of rotatable bonds is 3. The van der Waals surface area contributed by atoms with E-state index in [1.165, 1.54) is 0 Å². The molecule has 0 fully saturated rings. The third kappa shape index (κ3) is 3.21. The molecule has 4 aliphatic heterocycles. The van der Waals surface area contributed by atoms with Gasteiger partial charge in [-0.25, -0.2) is 9.98 Å². The van der Waals surface area contributed by atoms with E-state index in [-0.39, 0.29) is 11.8 Å². The van der Waals surface area contributed by atoms with E-state index in [2.05, 4.69) is 19.7 Å². The van der Waals surface area contributed by atoms with E-state index in [4.69, 9.17) is 9.98 Å². The molecule has 190 valence electrons. The molecule has 2 aromatic rings. The Balaban J connectivity index is 1.59. The van der Waals surface area contributed by atoms with Crippen LogP contribution in [0, 0.1) is 6.92 Å². The zero-order chi connectivity index (χ0) is 27.6. The Morgan fingerprint density at radius 2 is 1.44 bits per heavy atom. The van der Waals surface area contributed by atoms with Gasteiger partial charge in [-0.2, -0.15) is 0 Å². The van der Waals surface area contributed by atoms with Crippen LogP contribution in [-0.4, -0.2) is 33.3 Å². The molecule has 4 aliphatic rings. The molecule has 0 spiro atoms. The highest BCUT2D eigenvalue weighted by molar-refractivity contribution is 6.33. The van der Waals surface area contributed by atoms with Crippen LogP contribution in [0.25, 0.3) is 5.70 Å². The molecule has 2 aromatic carbocycles. The van der Waals surface area contributed by atoms with Crippen molar-refractivity contribution in [2.24, 2.45) is 9.98 Å². The van der Waals surface area contributed by atoms with Crippen LogP contribution in [0.1, 0.15) is 56.8 Å². The van der Waals surface area contributed by atoms with Gasteiger partial charge in [-0.3, -0.25) is 19.4 Å². The van der Waals surface area contributed by atoms with Crippen molar-refractivity contribution in [3.63, 3.8) is 0 Å². The third-order valence-corrected chi connectivity index (χ3v) is 7.41. The number of carbonyl (C=O) groups is 2. The first kappa shape index (κ1) is 24.2. The summed E-state index contributed by atoms with van der Waals surface area (Å²) < 4.78 is 0. The molecule has 0 aromatic heterocycles. The number of benzene rings is 2. The van der Waals surface area contributed by atoms with Crippen molar-refractivity contribution < 1.29 is 9.59 Å². The fourth-order valence-corrected chi connectivity index (χ4v) is 5.64.